The van der Waals surface area contributed by atoms with Crippen LogP contribution in [0.3, 0.4) is 0 Å². The SMILES string of the molecule is Cc1c(O)ccc2c(COC(=O)CN3CCCCCC3=O)cc(=O)oc12. The number of phenols is 1. The Morgan fingerprint density at radius 2 is 2.08 bits per heavy atom. The first-order valence-electron chi connectivity index (χ1n) is 8.64. The second-order valence-corrected chi connectivity index (χ2v) is 6.46. The molecular formula is C19H21NO6. The third-order valence-corrected chi connectivity index (χ3v) is 4.60. The molecule has 2 heterocycles. The Bertz CT molecular complexity index is 901. The third kappa shape index (κ3) is 3.87. The number of aromatic hydroxyl groups is 1. The lowest BCUT2D eigenvalue weighted by Crippen LogP contribution is -2.35. The van der Waals surface area contributed by atoms with E-state index in [0.29, 0.717) is 29.5 Å². The zero-order chi connectivity index (χ0) is 18.7. The zero-order valence-electron chi connectivity index (χ0n) is 14.6. The standard InChI is InChI=1S/C19H21NO6/c1-12-15(21)7-6-14-13(9-17(23)26-19(12)14)11-25-18(24)10-20-8-4-2-3-5-16(20)22/h6-7,9,21H,2-5,8,10-11H2,1H3. The van der Waals surface area contributed by atoms with Crippen molar-refractivity contribution >= 4 is 22.8 Å². The molecule has 1 saturated heterocycles. The summed E-state index contributed by atoms with van der Waals surface area (Å²) < 4.78 is 10.4. The van der Waals surface area contributed by atoms with Gasteiger partial charge in [0, 0.05) is 35.5 Å². The number of esters is 1. The maximum absolute atomic E-state index is 12.1. The summed E-state index contributed by atoms with van der Waals surface area (Å²) in [7, 11) is 0. The van der Waals surface area contributed by atoms with Crippen molar-refractivity contribution in [2.24, 2.45) is 0 Å². The topological polar surface area (TPSA) is 97.0 Å². The van der Waals surface area contributed by atoms with Gasteiger partial charge in [-0.15, -0.1) is 0 Å². The molecule has 0 saturated carbocycles. The maximum atomic E-state index is 12.1. The lowest BCUT2D eigenvalue weighted by molar-refractivity contribution is -0.150. The molecule has 1 aliphatic heterocycles. The second-order valence-electron chi connectivity index (χ2n) is 6.46. The van der Waals surface area contributed by atoms with E-state index in [0.717, 1.165) is 19.3 Å². The van der Waals surface area contributed by atoms with Crippen molar-refractivity contribution in [2.75, 3.05) is 13.1 Å². The van der Waals surface area contributed by atoms with E-state index in [1.165, 1.54) is 17.0 Å². The Morgan fingerprint density at radius 1 is 1.27 bits per heavy atom. The van der Waals surface area contributed by atoms with Gasteiger partial charge in [0.2, 0.25) is 5.91 Å². The van der Waals surface area contributed by atoms with Crippen LogP contribution in [0.4, 0.5) is 0 Å². The van der Waals surface area contributed by atoms with E-state index in [1.807, 2.05) is 0 Å². The van der Waals surface area contributed by atoms with Crippen molar-refractivity contribution in [1.29, 1.82) is 0 Å². The fourth-order valence-electron chi connectivity index (χ4n) is 3.10. The van der Waals surface area contributed by atoms with E-state index in [1.54, 1.807) is 13.0 Å². The van der Waals surface area contributed by atoms with Gasteiger partial charge in [0.1, 0.15) is 24.5 Å². The van der Waals surface area contributed by atoms with Gasteiger partial charge in [-0.1, -0.05) is 6.42 Å². The first kappa shape index (κ1) is 18.0. The number of carbonyl (C=O) groups is 2. The number of ether oxygens (including phenoxy) is 1. The first-order chi connectivity index (χ1) is 12.5. The van der Waals surface area contributed by atoms with E-state index in [4.69, 9.17) is 9.15 Å². The summed E-state index contributed by atoms with van der Waals surface area (Å²) in [6.45, 7) is 2.01. The van der Waals surface area contributed by atoms with Crippen molar-refractivity contribution < 1.29 is 23.8 Å². The number of phenolic OH excluding ortho intramolecular Hbond substituents is 1. The van der Waals surface area contributed by atoms with Crippen molar-refractivity contribution in [2.45, 2.75) is 39.2 Å². The minimum atomic E-state index is -0.583. The van der Waals surface area contributed by atoms with Gasteiger partial charge in [-0.25, -0.2) is 4.79 Å². The van der Waals surface area contributed by atoms with Gasteiger partial charge in [0.15, 0.2) is 0 Å². The van der Waals surface area contributed by atoms with E-state index < -0.39 is 11.6 Å². The zero-order valence-corrected chi connectivity index (χ0v) is 14.6. The molecule has 0 aliphatic carbocycles. The van der Waals surface area contributed by atoms with Crippen molar-refractivity contribution in [1.82, 2.24) is 4.90 Å². The number of fused-ring (bicyclic) bond motifs is 1. The predicted octanol–water partition coefficient (Wildman–Crippen LogP) is 2.25. The Balaban J connectivity index is 1.73. The number of hydrogen-bond acceptors (Lipinski definition) is 6. The summed E-state index contributed by atoms with van der Waals surface area (Å²) in [5, 5.41) is 10.4. The average molecular weight is 359 g/mol. The van der Waals surface area contributed by atoms with Crippen molar-refractivity contribution in [3.05, 3.63) is 39.7 Å². The Labute approximate surface area is 150 Å². The van der Waals surface area contributed by atoms with E-state index in [-0.39, 0.29) is 30.4 Å². The molecule has 0 unspecified atom stereocenters. The van der Waals surface area contributed by atoms with Crippen LogP contribution in [0.25, 0.3) is 11.0 Å². The normalized spacial score (nSPS) is 15.1. The molecule has 1 aromatic carbocycles. The van der Waals surface area contributed by atoms with Gasteiger partial charge in [-0.2, -0.15) is 0 Å². The lowest BCUT2D eigenvalue weighted by atomic mass is 10.1. The van der Waals surface area contributed by atoms with Crippen LogP contribution in [0.5, 0.6) is 5.75 Å². The number of benzene rings is 1. The van der Waals surface area contributed by atoms with E-state index in [9.17, 15) is 19.5 Å². The molecule has 0 atom stereocenters. The Morgan fingerprint density at radius 3 is 2.88 bits per heavy atom. The average Bonchev–Trinajstić information content (AvgIpc) is 2.81. The summed E-state index contributed by atoms with van der Waals surface area (Å²) in [6, 6.07) is 4.38. The van der Waals surface area contributed by atoms with Crippen molar-refractivity contribution in [3.8, 4) is 5.75 Å². The van der Waals surface area contributed by atoms with Crippen LogP contribution in [0.2, 0.25) is 0 Å². The fourth-order valence-corrected chi connectivity index (χ4v) is 3.10. The minimum Gasteiger partial charge on any atom is -0.508 e. The highest BCUT2D eigenvalue weighted by Gasteiger charge is 2.20. The van der Waals surface area contributed by atoms with E-state index >= 15 is 0 Å². The lowest BCUT2D eigenvalue weighted by Gasteiger charge is -2.19. The van der Waals surface area contributed by atoms with Crippen LogP contribution in [-0.4, -0.2) is 35.0 Å². The predicted molar refractivity (Wildman–Crippen MR) is 93.7 cm³/mol. The summed E-state index contributed by atoms with van der Waals surface area (Å²) in [5.41, 5.74) is 0.629. The molecule has 0 bridgehead atoms. The molecule has 1 aromatic heterocycles. The van der Waals surface area contributed by atoms with Gasteiger partial charge in [0.05, 0.1) is 0 Å². The molecule has 0 radical (unpaired) electrons. The van der Waals surface area contributed by atoms with Gasteiger partial charge >= 0.3 is 11.6 Å². The molecule has 7 heteroatoms. The molecule has 138 valence electrons. The van der Waals surface area contributed by atoms with E-state index in [2.05, 4.69) is 0 Å². The molecular weight excluding hydrogens is 338 g/mol. The van der Waals surface area contributed by atoms with Gasteiger partial charge in [-0.3, -0.25) is 9.59 Å². The highest BCUT2D eigenvalue weighted by atomic mass is 16.5. The van der Waals surface area contributed by atoms with Gasteiger partial charge in [-0.05, 0) is 31.9 Å². The third-order valence-electron chi connectivity index (χ3n) is 4.60. The fraction of sp³-hybridized carbons (Fsp3) is 0.421. The number of nitrogens with zero attached hydrogens (tertiary/aromatic N) is 1. The monoisotopic (exact) mass is 359 g/mol. The molecule has 1 aliphatic rings. The minimum absolute atomic E-state index is 0.0227. The molecule has 26 heavy (non-hydrogen) atoms. The molecule has 3 rings (SSSR count). The second kappa shape index (κ2) is 7.59. The maximum Gasteiger partial charge on any atom is 0.336 e. The van der Waals surface area contributed by atoms with Crippen LogP contribution < -0.4 is 5.63 Å². The van der Waals surface area contributed by atoms with Gasteiger partial charge in [0.25, 0.3) is 0 Å². The van der Waals surface area contributed by atoms with Crippen LogP contribution in [-0.2, 0) is 20.9 Å². The van der Waals surface area contributed by atoms with Crippen LogP contribution >= 0.6 is 0 Å². The summed E-state index contributed by atoms with van der Waals surface area (Å²) in [6.07, 6.45) is 3.17. The highest BCUT2D eigenvalue weighted by Crippen LogP contribution is 2.27. The quantitative estimate of drug-likeness (QED) is 0.664. The van der Waals surface area contributed by atoms with Crippen molar-refractivity contribution in [3.63, 3.8) is 0 Å². The molecule has 2 aromatic rings. The summed E-state index contributed by atoms with van der Waals surface area (Å²) >= 11 is 0. The number of amides is 1. The van der Waals surface area contributed by atoms with Crippen LogP contribution in [0, 0.1) is 6.92 Å². The van der Waals surface area contributed by atoms with Gasteiger partial charge < -0.3 is 19.2 Å². The Hall–Kier alpha value is -2.83. The van der Waals surface area contributed by atoms with Crippen LogP contribution in [0.1, 0.15) is 36.8 Å². The first-order valence-corrected chi connectivity index (χ1v) is 8.64. The Kier molecular flexibility index (Phi) is 5.25. The number of hydrogen-bond donors (Lipinski definition) is 1. The number of likely N-dealkylation sites (tertiary alicyclic amines) is 1. The molecule has 1 N–H and O–H groups in total. The molecule has 0 spiro atoms. The number of aryl methyl sites for hydroxylation is 1. The van der Waals surface area contributed by atoms with Crippen LogP contribution in [0.15, 0.2) is 27.4 Å². The smallest absolute Gasteiger partial charge is 0.336 e. The molecule has 1 amide bonds. The summed E-state index contributed by atoms with van der Waals surface area (Å²) in [4.78, 5) is 37.4. The summed E-state index contributed by atoms with van der Waals surface area (Å²) in [5.74, 6) is -0.525. The highest BCUT2D eigenvalue weighted by molar-refractivity contribution is 5.85. The number of rotatable bonds is 4. The largest absolute Gasteiger partial charge is 0.508 e. The molecule has 1 fully saturated rings. The molecule has 7 nitrogen and oxygen atoms in total. The number of carbonyl (C=O) groups excluding carboxylic acids is 2.